The van der Waals surface area contributed by atoms with Crippen LogP contribution in [0.15, 0.2) is 59.5 Å². The Labute approximate surface area is 273 Å². The number of thiophene rings is 1. The van der Waals surface area contributed by atoms with E-state index >= 15 is 4.39 Å². The molecule has 4 fully saturated rings. The van der Waals surface area contributed by atoms with Gasteiger partial charge in [0.15, 0.2) is 5.78 Å². The summed E-state index contributed by atoms with van der Waals surface area (Å²) >= 11 is 8.15. The molecule has 1 saturated heterocycles. The van der Waals surface area contributed by atoms with Crippen LogP contribution in [0, 0.1) is 39.3 Å². The van der Waals surface area contributed by atoms with Gasteiger partial charge in [-0.1, -0.05) is 55.8 Å². The average Bonchev–Trinajstić information content (AvgIpc) is 3.71. The smallest absolute Gasteiger partial charge is 0.410 e. The van der Waals surface area contributed by atoms with Crippen molar-refractivity contribution in [2.75, 3.05) is 13.1 Å². The van der Waals surface area contributed by atoms with E-state index in [1.54, 1.807) is 23.5 Å². The minimum Gasteiger partial charge on any atom is -0.440 e. The highest BCUT2D eigenvalue weighted by Crippen LogP contribution is 2.79. The molecule has 1 aromatic carbocycles. The van der Waals surface area contributed by atoms with E-state index in [9.17, 15) is 14.7 Å². The van der Waals surface area contributed by atoms with Crippen LogP contribution in [0.2, 0.25) is 5.02 Å². The van der Waals surface area contributed by atoms with Crippen molar-refractivity contribution in [3.8, 4) is 0 Å². The largest absolute Gasteiger partial charge is 0.440 e. The number of nitrogens with zero attached hydrogens (tertiary/aromatic N) is 1. The molecule has 3 saturated carbocycles. The third kappa shape index (κ3) is 3.93. The Hall–Kier alpha value is -2.48. The van der Waals surface area contributed by atoms with Crippen LogP contribution in [0.4, 0.5) is 9.18 Å². The molecule has 0 radical (unpaired) electrons. The summed E-state index contributed by atoms with van der Waals surface area (Å²) in [4.78, 5) is 31.2. The standard InChI is InChI=1S/C37H41ClFNO4S/c1-33-12-8-23(41)20-35(33)15-16-37(26(21-35)29(42)19-25-27(38)6-3-7-28(25)39)30(33)9-13-34(2)31(37)10-14-36(34)22-40(32(43)44-36)17-11-24-5-4-18-45-24/h3-7,15-16,18,21,23,30-31,41H,8-14,17,19-20,22H2,1-2H3. The zero-order valence-corrected chi connectivity index (χ0v) is 27.6. The Balaban J connectivity index is 1.20. The van der Waals surface area contributed by atoms with Crippen LogP contribution in [0.5, 0.6) is 0 Å². The van der Waals surface area contributed by atoms with Crippen molar-refractivity contribution in [1.29, 1.82) is 0 Å². The summed E-state index contributed by atoms with van der Waals surface area (Å²) in [6.45, 7) is 5.88. The second-order valence-corrected chi connectivity index (χ2v) is 16.6. The van der Waals surface area contributed by atoms with Gasteiger partial charge >= 0.3 is 6.09 Å². The van der Waals surface area contributed by atoms with Crippen molar-refractivity contribution in [2.45, 2.75) is 83.3 Å². The van der Waals surface area contributed by atoms with Crippen LogP contribution in [-0.2, 0) is 22.4 Å². The summed E-state index contributed by atoms with van der Waals surface area (Å²) in [5.41, 5.74) is -1.05. The second kappa shape index (κ2) is 10.0. The third-order valence-corrected chi connectivity index (χ3v) is 14.9. The minimum atomic E-state index is -0.615. The van der Waals surface area contributed by atoms with Crippen molar-refractivity contribution >= 4 is 34.8 Å². The molecule has 2 aromatic rings. The lowest BCUT2D eigenvalue weighted by Crippen LogP contribution is -2.67. The lowest BCUT2D eigenvalue weighted by molar-refractivity contribution is -0.168. The average molecular weight is 650 g/mol. The number of carbonyl (C=O) groups excluding carboxylic acids is 2. The molecule has 8 unspecified atom stereocenters. The number of aliphatic hydroxyl groups excluding tert-OH is 1. The summed E-state index contributed by atoms with van der Waals surface area (Å²) < 4.78 is 21.5. The molecule has 5 nitrogen and oxygen atoms in total. The highest BCUT2D eigenvalue weighted by atomic mass is 35.5. The molecule has 2 heterocycles. The minimum absolute atomic E-state index is 0.0818. The molecule has 1 N–H and O–H groups in total. The number of hydrogen-bond donors (Lipinski definition) is 1. The van der Waals surface area contributed by atoms with Gasteiger partial charge in [-0.25, -0.2) is 9.18 Å². The molecule has 9 rings (SSSR count). The summed E-state index contributed by atoms with van der Waals surface area (Å²) in [5.74, 6) is -0.281. The van der Waals surface area contributed by atoms with Gasteiger partial charge in [-0.2, -0.15) is 0 Å². The molecule has 8 atom stereocenters. The molecule has 2 bridgehead atoms. The molecule has 1 aliphatic heterocycles. The second-order valence-electron chi connectivity index (χ2n) is 15.2. The first-order valence-electron chi connectivity index (χ1n) is 16.6. The van der Waals surface area contributed by atoms with Gasteiger partial charge in [0, 0.05) is 50.2 Å². The van der Waals surface area contributed by atoms with Crippen LogP contribution >= 0.6 is 22.9 Å². The summed E-state index contributed by atoms with van der Waals surface area (Å²) in [5, 5.41) is 13.2. The number of halogens is 2. The van der Waals surface area contributed by atoms with E-state index in [0.29, 0.717) is 19.5 Å². The molecule has 6 aliphatic carbocycles. The zero-order chi connectivity index (χ0) is 31.4. The number of allylic oxidation sites excluding steroid dienone is 4. The van der Waals surface area contributed by atoms with Gasteiger partial charge in [0.1, 0.15) is 11.4 Å². The van der Waals surface area contributed by atoms with Crippen LogP contribution < -0.4 is 0 Å². The van der Waals surface area contributed by atoms with Crippen LogP contribution in [0.3, 0.4) is 0 Å². The number of rotatable bonds is 6. The highest BCUT2D eigenvalue weighted by molar-refractivity contribution is 7.09. The Morgan fingerprint density at radius 2 is 1.87 bits per heavy atom. The first-order chi connectivity index (χ1) is 21.5. The first-order valence-corrected chi connectivity index (χ1v) is 17.8. The van der Waals surface area contributed by atoms with E-state index < -0.39 is 28.4 Å². The van der Waals surface area contributed by atoms with Crippen molar-refractivity contribution in [3.05, 3.63) is 80.8 Å². The number of aliphatic hydroxyl groups is 1. The fourth-order valence-corrected chi connectivity index (χ4v) is 12.2. The quantitative estimate of drug-likeness (QED) is 0.323. The Kier molecular flexibility index (Phi) is 6.65. The Morgan fingerprint density at radius 3 is 2.64 bits per heavy atom. The monoisotopic (exact) mass is 649 g/mol. The van der Waals surface area contributed by atoms with E-state index in [-0.39, 0.29) is 51.5 Å². The van der Waals surface area contributed by atoms with E-state index in [1.807, 2.05) is 11.0 Å². The van der Waals surface area contributed by atoms with Crippen molar-refractivity contribution in [1.82, 2.24) is 4.90 Å². The number of ether oxygens (including phenoxy) is 1. The van der Waals surface area contributed by atoms with Crippen molar-refractivity contribution in [2.24, 2.45) is 33.5 Å². The molecule has 1 amide bonds. The molecular weight excluding hydrogens is 609 g/mol. The van der Waals surface area contributed by atoms with E-state index in [4.69, 9.17) is 16.3 Å². The maximum absolute atomic E-state index is 15.0. The van der Waals surface area contributed by atoms with Gasteiger partial charge in [0.05, 0.1) is 12.6 Å². The van der Waals surface area contributed by atoms with Gasteiger partial charge in [-0.3, -0.25) is 4.79 Å². The normalized spacial score (nSPS) is 41.1. The van der Waals surface area contributed by atoms with Gasteiger partial charge in [0.25, 0.3) is 0 Å². The maximum Gasteiger partial charge on any atom is 0.410 e. The fraction of sp³-hybridized carbons (Fsp3) is 0.568. The number of ketones is 1. The Morgan fingerprint density at radius 1 is 1.09 bits per heavy atom. The van der Waals surface area contributed by atoms with Crippen LogP contribution in [-0.4, -0.2) is 46.7 Å². The zero-order valence-electron chi connectivity index (χ0n) is 26.0. The summed E-state index contributed by atoms with van der Waals surface area (Å²) in [6, 6.07) is 8.72. The topological polar surface area (TPSA) is 66.8 Å². The molecule has 238 valence electrons. The van der Waals surface area contributed by atoms with Crippen molar-refractivity contribution < 1.29 is 23.8 Å². The lowest BCUT2D eigenvalue weighted by Gasteiger charge is -2.71. The van der Waals surface area contributed by atoms with Gasteiger partial charge in [-0.15, -0.1) is 11.3 Å². The number of carbonyl (C=O) groups is 2. The molecule has 1 aromatic heterocycles. The van der Waals surface area contributed by atoms with E-state index in [1.165, 1.54) is 10.9 Å². The van der Waals surface area contributed by atoms with Gasteiger partial charge in [0.2, 0.25) is 0 Å². The lowest BCUT2D eigenvalue weighted by atomic mass is 9.32. The molecule has 3 spiro atoms. The fourth-order valence-electron chi connectivity index (χ4n) is 11.3. The number of amides is 1. The van der Waals surface area contributed by atoms with Crippen molar-refractivity contribution in [3.63, 3.8) is 0 Å². The van der Waals surface area contributed by atoms with E-state index in [2.05, 4.69) is 43.5 Å². The number of Topliss-reactive ketones (excluding diaryl/α,β-unsaturated/α-hetero) is 1. The molecule has 8 heteroatoms. The maximum atomic E-state index is 15.0. The predicted molar refractivity (Wildman–Crippen MR) is 173 cm³/mol. The van der Waals surface area contributed by atoms with E-state index in [0.717, 1.165) is 50.5 Å². The number of fused-ring (bicyclic) bond motifs is 2. The van der Waals surface area contributed by atoms with Gasteiger partial charge in [-0.05, 0) is 92.2 Å². The third-order valence-electron chi connectivity index (χ3n) is 13.6. The summed E-state index contributed by atoms with van der Waals surface area (Å²) in [6.07, 6.45) is 12.5. The van der Waals surface area contributed by atoms with Crippen LogP contribution in [0.25, 0.3) is 0 Å². The molecular formula is C37H41ClFNO4S. The number of benzene rings is 1. The molecule has 7 aliphatic rings. The van der Waals surface area contributed by atoms with Crippen LogP contribution in [0.1, 0.15) is 69.2 Å². The SMILES string of the molecule is CC12CCC(O)CC13C=CC1(C(C(=O)Cc4c(F)cccc4Cl)=C3)C2CCC2(C)C1CCC21CN(CCc2cccs2)C(=O)O1. The molecule has 45 heavy (non-hydrogen) atoms. The number of hydrogen-bond acceptors (Lipinski definition) is 5. The summed E-state index contributed by atoms with van der Waals surface area (Å²) in [7, 11) is 0. The van der Waals surface area contributed by atoms with Gasteiger partial charge < -0.3 is 14.7 Å². The highest BCUT2D eigenvalue weighted by Gasteiger charge is 2.76. The first kappa shape index (κ1) is 29.9. The Bertz CT molecular complexity index is 1620. The predicted octanol–water partition coefficient (Wildman–Crippen LogP) is 7.95.